The zero-order valence-electron chi connectivity index (χ0n) is 16.2. The average Bonchev–Trinajstić information content (AvgIpc) is 3.14. The van der Waals surface area contributed by atoms with Gasteiger partial charge in [-0.2, -0.15) is 10.2 Å². The number of likely N-dealkylation sites (N-methyl/N-ethyl adjacent to an activating group) is 1. The van der Waals surface area contributed by atoms with E-state index in [4.69, 9.17) is 0 Å². The molecule has 0 aliphatic carbocycles. The lowest BCUT2D eigenvalue weighted by Gasteiger charge is -2.51. The Bertz CT molecular complexity index is 862. The molecule has 2 aromatic heterocycles. The fraction of sp³-hybridized carbons (Fsp3) is 0.526. The Morgan fingerprint density at radius 1 is 1.21 bits per heavy atom. The smallest absolute Gasteiger partial charge is 0.255 e. The van der Waals surface area contributed by atoms with Crippen molar-refractivity contribution in [2.75, 3.05) is 33.2 Å². The number of piperidine rings is 1. The first-order valence-corrected chi connectivity index (χ1v) is 10.4. The van der Waals surface area contributed by atoms with Crippen molar-refractivity contribution in [3.8, 4) is 0 Å². The Morgan fingerprint density at radius 2 is 2.00 bits per heavy atom. The van der Waals surface area contributed by atoms with E-state index in [1.165, 1.54) is 12.4 Å². The van der Waals surface area contributed by atoms with Gasteiger partial charge >= 0.3 is 0 Å². The van der Waals surface area contributed by atoms with Crippen LogP contribution in [0, 0.1) is 6.92 Å². The van der Waals surface area contributed by atoms with Crippen LogP contribution in [0.15, 0.2) is 23.8 Å². The molecular weight excluding hydrogens is 376 g/mol. The molecule has 0 aromatic carbocycles. The number of hydrogen-bond donors (Lipinski definition) is 0. The maximum absolute atomic E-state index is 13.4. The van der Waals surface area contributed by atoms with E-state index in [1.807, 2.05) is 29.2 Å². The summed E-state index contributed by atoms with van der Waals surface area (Å²) in [4.78, 5) is 36.5. The predicted octanol–water partition coefficient (Wildman–Crippen LogP) is 1.19. The summed E-state index contributed by atoms with van der Waals surface area (Å²) in [7, 11) is 2.02. The van der Waals surface area contributed by atoms with Crippen molar-refractivity contribution >= 4 is 23.2 Å². The molecule has 2 aliphatic rings. The lowest BCUT2D eigenvalue weighted by atomic mass is 9.82. The van der Waals surface area contributed by atoms with Crippen molar-refractivity contribution < 1.29 is 9.59 Å². The number of piperazine rings is 1. The van der Waals surface area contributed by atoms with Gasteiger partial charge in [0.1, 0.15) is 5.54 Å². The molecule has 0 atom stereocenters. The first-order valence-electron chi connectivity index (χ1n) is 9.47. The molecule has 1 spiro atoms. The fourth-order valence-corrected chi connectivity index (χ4v) is 4.75. The standard InChI is InChI=1S/C19H24N6O2S/c1-14-22-16(13-28-14)12-25-10-9-23(2)19(18(25)27)4-7-24(8-5-19)17(26)15-3-6-20-21-11-15/h3,6,11,13H,4-5,7-10,12H2,1-2H3. The van der Waals surface area contributed by atoms with E-state index >= 15 is 0 Å². The first kappa shape index (κ1) is 18.9. The third kappa shape index (κ3) is 3.40. The molecule has 0 radical (unpaired) electrons. The topological polar surface area (TPSA) is 82.5 Å². The van der Waals surface area contributed by atoms with Gasteiger partial charge in [-0.05, 0) is 32.9 Å². The molecule has 0 unspecified atom stereocenters. The first-order chi connectivity index (χ1) is 13.5. The molecule has 0 N–H and O–H groups in total. The minimum absolute atomic E-state index is 0.0505. The van der Waals surface area contributed by atoms with Crippen LogP contribution in [0.25, 0.3) is 0 Å². The van der Waals surface area contributed by atoms with Gasteiger partial charge in [0.15, 0.2) is 0 Å². The van der Waals surface area contributed by atoms with Gasteiger partial charge in [-0.1, -0.05) is 0 Å². The largest absolute Gasteiger partial charge is 0.338 e. The van der Waals surface area contributed by atoms with Crippen LogP contribution in [0.2, 0.25) is 0 Å². The Kier molecular flexibility index (Phi) is 5.11. The molecule has 4 rings (SSSR count). The summed E-state index contributed by atoms with van der Waals surface area (Å²) in [5, 5.41) is 10.6. The highest BCUT2D eigenvalue weighted by Crippen LogP contribution is 2.34. The summed E-state index contributed by atoms with van der Waals surface area (Å²) in [6.45, 7) is 5.19. The lowest BCUT2D eigenvalue weighted by Crippen LogP contribution is -2.67. The molecule has 2 saturated heterocycles. The van der Waals surface area contributed by atoms with E-state index in [2.05, 4.69) is 20.1 Å². The number of hydrogen-bond acceptors (Lipinski definition) is 7. The second-order valence-corrected chi connectivity index (χ2v) is 8.52. The van der Waals surface area contributed by atoms with Crippen molar-refractivity contribution in [3.63, 3.8) is 0 Å². The van der Waals surface area contributed by atoms with Crippen LogP contribution in [0.3, 0.4) is 0 Å². The van der Waals surface area contributed by atoms with Crippen LogP contribution in [0.1, 0.15) is 33.9 Å². The van der Waals surface area contributed by atoms with E-state index < -0.39 is 5.54 Å². The van der Waals surface area contributed by atoms with Crippen molar-refractivity contribution in [3.05, 3.63) is 40.1 Å². The third-order valence-electron chi connectivity index (χ3n) is 5.85. The molecule has 0 bridgehead atoms. The predicted molar refractivity (Wildman–Crippen MR) is 105 cm³/mol. The Balaban J connectivity index is 1.46. The summed E-state index contributed by atoms with van der Waals surface area (Å²) >= 11 is 1.61. The van der Waals surface area contributed by atoms with E-state index in [-0.39, 0.29) is 11.8 Å². The van der Waals surface area contributed by atoms with Gasteiger partial charge in [-0.3, -0.25) is 14.5 Å². The van der Waals surface area contributed by atoms with Crippen LogP contribution < -0.4 is 0 Å². The molecule has 0 saturated carbocycles. The van der Waals surface area contributed by atoms with Gasteiger partial charge in [0.05, 0.1) is 35.2 Å². The van der Waals surface area contributed by atoms with Gasteiger partial charge in [-0.25, -0.2) is 4.98 Å². The van der Waals surface area contributed by atoms with Gasteiger partial charge in [0, 0.05) is 31.6 Å². The molecular formula is C19H24N6O2S. The minimum Gasteiger partial charge on any atom is -0.338 e. The van der Waals surface area contributed by atoms with Crippen LogP contribution in [0.5, 0.6) is 0 Å². The number of nitrogens with zero attached hydrogens (tertiary/aromatic N) is 6. The molecule has 2 aliphatic heterocycles. The molecule has 8 nitrogen and oxygen atoms in total. The van der Waals surface area contributed by atoms with Crippen molar-refractivity contribution in [2.45, 2.75) is 31.8 Å². The van der Waals surface area contributed by atoms with Crippen molar-refractivity contribution in [1.82, 2.24) is 29.9 Å². The maximum Gasteiger partial charge on any atom is 0.255 e. The van der Waals surface area contributed by atoms with Crippen LogP contribution in [-0.2, 0) is 11.3 Å². The summed E-state index contributed by atoms with van der Waals surface area (Å²) in [5.41, 5.74) is 0.958. The summed E-state index contributed by atoms with van der Waals surface area (Å²) in [6, 6.07) is 1.68. The molecule has 28 heavy (non-hydrogen) atoms. The zero-order valence-corrected chi connectivity index (χ0v) is 17.0. The SMILES string of the molecule is Cc1nc(CN2CCN(C)C3(CCN(C(=O)c4ccnnc4)CC3)C2=O)cs1. The van der Waals surface area contributed by atoms with Gasteiger partial charge in [-0.15, -0.1) is 11.3 Å². The molecule has 9 heteroatoms. The number of rotatable bonds is 3. The number of carbonyl (C=O) groups is 2. The summed E-state index contributed by atoms with van der Waals surface area (Å²) in [5.74, 6) is 0.107. The van der Waals surface area contributed by atoms with Crippen LogP contribution >= 0.6 is 11.3 Å². The monoisotopic (exact) mass is 400 g/mol. The number of carbonyl (C=O) groups excluding carboxylic acids is 2. The van der Waals surface area contributed by atoms with E-state index in [0.29, 0.717) is 44.6 Å². The van der Waals surface area contributed by atoms with Gasteiger partial charge in [0.2, 0.25) is 5.91 Å². The quantitative estimate of drug-likeness (QED) is 0.770. The maximum atomic E-state index is 13.4. The van der Waals surface area contributed by atoms with E-state index in [0.717, 1.165) is 17.2 Å². The van der Waals surface area contributed by atoms with Crippen molar-refractivity contribution in [2.24, 2.45) is 0 Å². The Hall–Kier alpha value is -2.39. The average molecular weight is 401 g/mol. The molecule has 2 fully saturated rings. The fourth-order valence-electron chi connectivity index (χ4n) is 4.15. The molecule has 148 valence electrons. The molecule has 2 amide bonds. The highest BCUT2D eigenvalue weighted by atomic mass is 32.1. The molecule has 4 heterocycles. The third-order valence-corrected chi connectivity index (χ3v) is 6.67. The number of thiazole rings is 1. The molecule has 2 aromatic rings. The van der Waals surface area contributed by atoms with Crippen molar-refractivity contribution in [1.29, 1.82) is 0 Å². The number of aromatic nitrogens is 3. The number of aryl methyl sites for hydroxylation is 1. The normalized spacial score (nSPS) is 20.0. The van der Waals surface area contributed by atoms with Gasteiger partial charge < -0.3 is 9.80 Å². The Labute approximate surface area is 168 Å². The number of likely N-dealkylation sites (tertiary alicyclic amines) is 1. The minimum atomic E-state index is -0.531. The summed E-state index contributed by atoms with van der Waals surface area (Å²) in [6.07, 6.45) is 4.29. The lowest BCUT2D eigenvalue weighted by molar-refractivity contribution is -0.154. The highest BCUT2D eigenvalue weighted by Gasteiger charge is 2.49. The van der Waals surface area contributed by atoms with Crippen LogP contribution in [-0.4, -0.2) is 80.5 Å². The second-order valence-electron chi connectivity index (χ2n) is 7.46. The van der Waals surface area contributed by atoms with E-state index in [1.54, 1.807) is 17.4 Å². The zero-order chi connectivity index (χ0) is 19.7. The number of amides is 2. The second kappa shape index (κ2) is 7.56. The summed E-state index contributed by atoms with van der Waals surface area (Å²) < 4.78 is 0. The van der Waals surface area contributed by atoms with E-state index in [9.17, 15) is 9.59 Å². The van der Waals surface area contributed by atoms with Gasteiger partial charge in [0.25, 0.3) is 5.91 Å². The Morgan fingerprint density at radius 3 is 2.64 bits per heavy atom. The highest BCUT2D eigenvalue weighted by molar-refractivity contribution is 7.09. The van der Waals surface area contributed by atoms with Crippen LogP contribution in [0.4, 0.5) is 0 Å².